The normalized spacial score (nSPS) is 14.3. The summed E-state index contributed by atoms with van der Waals surface area (Å²) in [5.74, 6) is 1.63. The molecule has 2 heterocycles. The third kappa shape index (κ3) is 3.50. The summed E-state index contributed by atoms with van der Waals surface area (Å²) in [4.78, 5) is 12.7. The Morgan fingerprint density at radius 3 is 3.00 bits per heavy atom. The first kappa shape index (κ1) is 12.1. The van der Waals surface area contributed by atoms with E-state index in [-0.39, 0.29) is 0 Å². The molecule has 0 amide bonds. The van der Waals surface area contributed by atoms with Crippen LogP contribution in [-0.2, 0) is 6.42 Å². The average molecular weight is 254 g/mol. The SMILES string of the molecule is c1cncc(CCCNc2cc(C3CC3)ncn2)c1. The molecule has 3 rings (SSSR count). The maximum absolute atomic E-state index is 4.32. The molecule has 0 unspecified atom stereocenters. The van der Waals surface area contributed by atoms with Crippen LogP contribution < -0.4 is 5.32 Å². The van der Waals surface area contributed by atoms with Crippen LogP contribution in [0.2, 0.25) is 0 Å². The van der Waals surface area contributed by atoms with Gasteiger partial charge < -0.3 is 5.32 Å². The number of nitrogens with zero attached hydrogens (tertiary/aromatic N) is 3. The molecule has 2 aromatic heterocycles. The smallest absolute Gasteiger partial charge is 0.129 e. The van der Waals surface area contributed by atoms with Crippen LogP contribution in [0.5, 0.6) is 0 Å². The molecule has 0 atom stereocenters. The second kappa shape index (κ2) is 5.78. The van der Waals surface area contributed by atoms with Gasteiger partial charge in [-0.2, -0.15) is 0 Å². The Morgan fingerprint density at radius 1 is 1.26 bits per heavy atom. The zero-order valence-electron chi connectivity index (χ0n) is 10.9. The van der Waals surface area contributed by atoms with Crippen LogP contribution in [0.25, 0.3) is 0 Å². The van der Waals surface area contributed by atoms with Crippen molar-refractivity contribution in [3.8, 4) is 0 Å². The van der Waals surface area contributed by atoms with E-state index in [1.54, 1.807) is 6.33 Å². The molecule has 0 aliphatic heterocycles. The van der Waals surface area contributed by atoms with Crippen LogP contribution >= 0.6 is 0 Å². The summed E-state index contributed by atoms with van der Waals surface area (Å²) in [6.45, 7) is 0.927. The van der Waals surface area contributed by atoms with Crippen LogP contribution in [0, 0.1) is 0 Å². The zero-order valence-corrected chi connectivity index (χ0v) is 10.9. The highest BCUT2D eigenvalue weighted by Crippen LogP contribution is 2.39. The molecular weight excluding hydrogens is 236 g/mol. The van der Waals surface area contributed by atoms with Gasteiger partial charge in [-0.1, -0.05) is 6.07 Å². The summed E-state index contributed by atoms with van der Waals surface area (Å²) >= 11 is 0. The summed E-state index contributed by atoms with van der Waals surface area (Å²) in [6, 6.07) is 6.18. The molecule has 19 heavy (non-hydrogen) atoms. The summed E-state index contributed by atoms with van der Waals surface area (Å²) in [7, 11) is 0. The van der Waals surface area contributed by atoms with E-state index >= 15 is 0 Å². The molecule has 2 aromatic rings. The third-order valence-electron chi connectivity index (χ3n) is 3.35. The van der Waals surface area contributed by atoms with Gasteiger partial charge in [-0.3, -0.25) is 4.98 Å². The quantitative estimate of drug-likeness (QED) is 0.805. The van der Waals surface area contributed by atoms with Gasteiger partial charge in [-0.15, -0.1) is 0 Å². The van der Waals surface area contributed by atoms with E-state index in [1.165, 1.54) is 24.1 Å². The summed E-state index contributed by atoms with van der Waals surface area (Å²) in [5, 5.41) is 3.37. The lowest BCUT2D eigenvalue weighted by Crippen LogP contribution is -2.05. The monoisotopic (exact) mass is 254 g/mol. The fourth-order valence-corrected chi connectivity index (χ4v) is 2.13. The van der Waals surface area contributed by atoms with E-state index in [0.717, 1.165) is 25.2 Å². The second-order valence-electron chi connectivity index (χ2n) is 4.99. The number of pyridine rings is 1. The van der Waals surface area contributed by atoms with Crippen LogP contribution in [0.3, 0.4) is 0 Å². The van der Waals surface area contributed by atoms with E-state index in [1.807, 2.05) is 18.5 Å². The summed E-state index contributed by atoms with van der Waals surface area (Å²) in [6.07, 6.45) is 10.1. The van der Waals surface area contributed by atoms with Crippen molar-refractivity contribution in [3.63, 3.8) is 0 Å². The zero-order chi connectivity index (χ0) is 12.9. The highest BCUT2D eigenvalue weighted by molar-refractivity contribution is 5.36. The van der Waals surface area contributed by atoms with Crippen molar-refractivity contribution < 1.29 is 0 Å². The molecule has 98 valence electrons. The summed E-state index contributed by atoms with van der Waals surface area (Å²) < 4.78 is 0. The maximum atomic E-state index is 4.32. The van der Waals surface area contributed by atoms with Gasteiger partial charge >= 0.3 is 0 Å². The number of rotatable bonds is 6. The fourth-order valence-electron chi connectivity index (χ4n) is 2.13. The van der Waals surface area contributed by atoms with E-state index in [9.17, 15) is 0 Å². The topological polar surface area (TPSA) is 50.7 Å². The largest absolute Gasteiger partial charge is 0.370 e. The van der Waals surface area contributed by atoms with Gasteiger partial charge in [0.2, 0.25) is 0 Å². The van der Waals surface area contributed by atoms with Crippen LogP contribution in [0.15, 0.2) is 36.9 Å². The first-order chi connectivity index (χ1) is 9.42. The minimum absolute atomic E-state index is 0.680. The lowest BCUT2D eigenvalue weighted by atomic mass is 10.1. The first-order valence-corrected chi connectivity index (χ1v) is 6.86. The van der Waals surface area contributed by atoms with Crippen molar-refractivity contribution in [1.29, 1.82) is 0 Å². The van der Waals surface area contributed by atoms with Gasteiger partial charge in [0.25, 0.3) is 0 Å². The van der Waals surface area contributed by atoms with Gasteiger partial charge in [0.1, 0.15) is 12.1 Å². The van der Waals surface area contributed by atoms with Crippen LogP contribution in [0.4, 0.5) is 5.82 Å². The maximum Gasteiger partial charge on any atom is 0.129 e. The second-order valence-corrected chi connectivity index (χ2v) is 4.99. The standard InChI is InChI=1S/C15H18N4/c1-3-12(10-16-7-1)4-2-8-17-15-9-14(13-5-6-13)18-11-19-15/h1,3,7,9-11,13H,2,4-6,8H2,(H,17,18,19). The lowest BCUT2D eigenvalue weighted by Gasteiger charge is -2.06. The van der Waals surface area contributed by atoms with Crippen molar-refractivity contribution in [2.24, 2.45) is 0 Å². The van der Waals surface area contributed by atoms with Crippen molar-refractivity contribution in [2.75, 3.05) is 11.9 Å². The Balaban J connectivity index is 1.46. The Bertz CT molecular complexity index is 523. The number of nitrogens with one attached hydrogen (secondary N) is 1. The van der Waals surface area contributed by atoms with Crippen LogP contribution in [0.1, 0.15) is 36.4 Å². The van der Waals surface area contributed by atoms with Gasteiger partial charge in [-0.25, -0.2) is 9.97 Å². The first-order valence-electron chi connectivity index (χ1n) is 6.86. The Kier molecular flexibility index (Phi) is 3.68. The molecule has 1 aliphatic carbocycles. The predicted molar refractivity (Wildman–Crippen MR) is 75.1 cm³/mol. The minimum Gasteiger partial charge on any atom is -0.370 e. The molecule has 1 saturated carbocycles. The Morgan fingerprint density at radius 2 is 2.21 bits per heavy atom. The Labute approximate surface area is 113 Å². The molecule has 0 radical (unpaired) electrons. The van der Waals surface area contributed by atoms with Gasteiger partial charge in [0, 0.05) is 36.6 Å². The minimum atomic E-state index is 0.680. The number of hydrogen-bond donors (Lipinski definition) is 1. The molecule has 1 fully saturated rings. The third-order valence-corrected chi connectivity index (χ3v) is 3.35. The lowest BCUT2D eigenvalue weighted by molar-refractivity contribution is 0.851. The van der Waals surface area contributed by atoms with Crippen molar-refractivity contribution in [2.45, 2.75) is 31.6 Å². The molecule has 0 bridgehead atoms. The van der Waals surface area contributed by atoms with E-state index < -0.39 is 0 Å². The molecule has 0 spiro atoms. The summed E-state index contributed by atoms with van der Waals surface area (Å²) in [5.41, 5.74) is 2.47. The number of hydrogen-bond acceptors (Lipinski definition) is 4. The Hall–Kier alpha value is -1.97. The van der Waals surface area contributed by atoms with Gasteiger partial charge in [0.15, 0.2) is 0 Å². The molecule has 0 aromatic carbocycles. The number of anilines is 1. The predicted octanol–water partition coefficient (Wildman–Crippen LogP) is 2.79. The molecular formula is C15H18N4. The van der Waals surface area contributed by atoms with Gasteiger partial charge in [0.05, 0.1) is 0 Å². The molecule has 4 nitrogen and oxygen atoms in total. The molecule has 0 saturated heterocycles. The van der Waals surface area contributed by atoms with Crippen molar-refractivity contribution >= 4 is 5.82 Å². The number of aromatic nitrogens is 3. The fraction of sp³-hybridized carbons (Fsp3) is 0.400. The van der Waals surface area contributed by atoms with E-state index in [0.29, 0.717) is 5.92 Å². The highest BCUT2D eigenvalue weighted by atomic mass is 15.0. The van der Waals surface area contributed by atoms with Crippen molar-refractivity contribution in [3.05, 3.63) is 48.2 Å². The molecule has 1 N–H and O–H groups in total. The average Bonchev–Trinajstić information content (AvgIpc) is 3.30. The molecule has 1 aliphatic rings. The van der Waals surface area contributed by atoms with Gasteiger partial charge in [-0.05, 0) is 37.3 Å². The van der Waals surface area contributed by atoms with E-state index in [4.69, 9.17) is 0 Å². The molecule has 4 heteroatoms. The highest BCUT2D eigenvalue weighted by Gasteiger charge is 2.25. The van der Waals surface area contributed by atoms with Crippen molar-refractivity contribution in [1.82, 2.24) is 15.0 Å². The van der Waals surface area contributed by atoms with E-state index in [2.05, 4.69) is 32.4 Å². The number of aryl methyl sites for hydroxylation is 1. The van der Waals surface area contributed by atoms with Crippen LogP contribution in [-0.4, -0.2) is 21.5 Å².